The van der Waals surface area contributed by atoms with Crippen LogP contribution in [0.4, 0.5) is 0 Å². The second-order valence-electron chi connectivity index (χ2n) is 3.05. The van der Waals surface area contributed by atoms with Gasteiger partial charge < -0.3 is 5.11 Å². The number of aliphatic carboxylic acids is 1. The van der Waals surface area contributed by atoms with Gasteiger partial charge in [-0.05, 0) is 18.2 Å². The number of carbonyl (C=O) groups excluding carboxylic acids is 1. The number of Topliss-reactive ketones (excluding diaryl/α,β-unsaturated/α-hetero) is 1. The van der Waals surface area contributed by atoms with Crippen LogP contribution in [-0.2, 0) is 11.8 Å². The van der Waals surface area contributed by atoms with Gasteiger partial charge in [0.2, 0.25) is 0 Å². The number of ketones is 1. The SMILES string of the molecule is Cn1nnc2ccc(C(=O)C(=O)O)cc21. The third-order valence-corrected chi connectivity index (χ3v) is 2.07. The van der Waals surface area contributed by atoms with E-state index in [1.165, 1.54) is 16.8 Å². The largest absolute Gasteiger partial charge is 0.475 e. The number of aryl methyl sites for hydroxylation is 1. The van der Waals surface area contributed by atoms with Crippen molar-refractivity contribution in [2.24, 2.45) is 7.05 Å². The van der Waals surface area contributed by atoms with Crippen molar-refractivity contribution in [3.8, 4) is 0 Å². The van der Waals surface area contributed by atoms with Crippen LogP contribution in [0.2, 0.25) is 0 Å². The summed E-state index contributed by atoms with van der Waals surface area (Å²) >= 11 is 0. The van der Waals surface area contributed by atoms with Crippen molar-refractivity contribution < 1.29 is 14.7 Å². The Balaban J connectivity index is 2.59. The summed E-state index contributed by atoms with van der Waals surface area (Å²) in [5.41, 5.74) is 1.38. The molecule has 0 atom stereocenters. The van der Waals surface area contributed by atoms with Gasteiger partial charge in [-0.15, -0.1) is 5.10 Å². The minimum Gasteiger partial charge on any atom is -0.475 e. The van der Waals surface area contributed by atoms with Gasteiger partial charge in [0.05, 0.1) is 5.52 Å². The maximum Gasteiger partial charge on any atom is 0.377 e. The van der Waals surface area contributed by atoms with Crippen molar-refractivity contribution in [2.45, 2.75) is 0 Å². The summed E-state index contributed by atoms with van der Waals surface area (Å²) in [6.45, 7) is 0. The molecule has 6 heteroatoms. The van der Waals surface area contributed by atoms with E-state index in [9.17, 15) is 9.59 Å². The number of hydrogen-bond acceptors (Lipinski definition) is 4. The van der Waals surface area contributed by atoms with Crippen LogP contribution >= 0.6 is 0 Å². The number of benzene rings is 1. The highest BCUT2D eigenvalue weighted by Crippen LogP contribution is 2.12. The molecule has 2 rings (SSSR count). The van der Waals surface area contributed by atoms with Gasteiger partial charge in [0.1, 0.15) is 5.52 Å². The first-order chi connectivity index (χ1) is 7.09. The van der Waals surface area contributed by atoms with Gasteiger partial charge in [-0.25, -0.2) is 9.48 Å². The molecule has 0 saturated heterocycles. The molecule has 0 aliphatic heterocycles. The fraction of sp³-hybridized carbons (Fsp3) is 0.111. The highest BCUT2D eigenvalue weighted by Gasteiger charge is 2.15. The lowest BCUT2D eigenvalue weighted by Gasteiger charge is -1.96. The first kappa shape index (κ1) is 9.32. The van der Waals surface area contributed by atoms with Crippen molar-refractivity contribution in [1.29, 1.82) is 0 Å². The van der Waals surface area contributed by atoms with Crippen molar-refractivity contribution >= 4 is 22.8 Å². The third-order valence-electron chi connectivity index (χ3n) is 2.07. The topological polar surface area (TPSA) is 85.1 Å². The summed E-state index contributed by atoms with van der Waals surface area (Å²) < 4.78 is 1.48. The maximum atomic E-state index is 11.2. The first-order valence-electron chi connectivity index (χ1n) is 4.16. The van der Waals surface area contributed by atoms with Crippen LogP contribution in [0.15, 0.2) is 18.2 Å². The number of carbonyl (C=O) groups is 2. The van der Waals surface area contributed by atoms with Crippen LogP contribution in [-0.4, -0.2) is 31.9 Å². The normalized spacial score (nSPS) is 10.5. The summed E-state index contributed by atoms with van der Waals surface area (Å²) in [7, 11) is 1.67. The highest BCUT2D eigenvalue weighted by atomic mass is 16.4. The highest BCUT2D eigenvalue weighted by molar-refractivity contribution is 6.40. The molecule has 6 nitrogen and oxygen atoms in total. The second kappa shape index (κ2) is 3.16. The number of hydrogen-bond donors (Lipinski definition) is 1. The van der Waals surface area contributed by atoms with Gasteiger partial charge in [-0.2, -0.15) is 0 Å². The Labute approximate surface area is 84.1 Å². The van der Waals surface area contributed by atoms with E-state index in [4.69, 9.17) is 5.11 Å². The Morgan fingerprint density at radius 1 is 1.40 bits per heavy atom. The quantitative estimate of drug-likeness (QED) is 0.560. The Morgan fingerprint density at radius 2 is 2.13 bits per heavy atom. The van der Waals surface area contributed by atoms with Gasteiger partial charge >= 0.3 is 5.97 Å². The number of rotatable bonds is 2. The summed E-state index contributed by atoms with van der Waals surface area (Å²) in [5, 5.41) is 16.1. The number of carboxylic acid groups (broad SMARTS) is 1. The Morgan fingerprint density at radius 3 is 2.80 bits per heavy atom. The standard InChI is InChI=1S/C9H7N3O3/c1-12-7-4-5(8(13)9(14)15)2-3-6(7)10-11-12/h2-4H,1H3,(H,14,15). The van der Waals surface area contributed by atoms with E-state index in [1.807, 2.05) is 0 Å². The maximum absolute atomic E-state index is 11.2. The van der Waals surface area contributed by atoms with Crippen LogP contribution in [0.5, 0.6) is 0 Å². The zero-order chi connectivity index (χ0) is 11.0. The molecule has 1 heterocycles. The lowest BCUT2D eigenvalue weighted by Crippen LogP contribution is -2.12. The van der Waals surface area contributed by atoms with Crippen LogP contribution in [0, 0.1) is 0 Å². The van der Waals surface area contributed by atoms with E-state index >= 15 is 0 Å². The van der Waals surface area contributed by atoms with Gasteiger partial charge in [0.15, 0.2) is 0 Å². The molecule has 0 amide bonds. The smallest absolute Gasteiger partial charge is 0.377 e. The predicted octanol–water partition coefficient (Wildman–Crippen LogP) is 0.236. The molecule has 0 fully saturated rings. The van der Waals surface area contributed by atoms with E-state index in [2.05, 4.69) is 10.3 Å². The Kier molecular flexibility index (Phi) is 1.96. The summed E-state index contributed by atoms with van der Waals surface area (Å²) in [6, 6.07) is 4.46. The number of fused-ring (bicyclic) bond motifs is 1. The van der Waals surface area contributed by atoms with Crippen LogP contribution < -0.4 is 0 Å². The summed E-state index contributed by atoms with van der Waals surface area (Å²) in [6.07, 6.45) is 0. The number of nitrogens with zero attached hydrogens (tertiary/aromatic N) is 3. The zero-order valence-corrected chi connectivity index (χ0v) is 7.84. The van der Waals surface area contributed by atoms with Gasteiger partial charge in [0.25, 0.3) is 5.78 Å². The van der Waals surface area contributed by atoms with E-state index < -0.39 is 11.8 Å². The third kappa shape index (κ3) is 1.45. The molecule has 1 N–H and O–H groups in total. The molecule has 15 heavy (non-hydrogen) atoms. The number of aromatic nitrogens is 3. The van der Waals surface area contributed by atoms with Crippen molar-refractivity contribution in [1.82, 2.24) is 15.0 Å². The average molecular weight is 205 g/mol. The second-order valence-corrected chi connectivity index (χ2v) is 3.05. The van der Waals surface area contributed by atoms with Crippen molar-refractivity contribution in [2.75, 3.05) is 0 Å². The fourth-order valence-electron chi connectivity index (χ4n) is 1.30. The number of carboxylic acids is 1. The molecular formula is C9H7N3O3. The molecular weight excluding hydrogens is 198 g/mol. The van der Waals surface area contributed by atoms with Crippen molar-refractivity contribution in [3.05, 3.63) is 23.8 Å². The average Bonchev–Trinajstić information content (AvgIpc) is 2.59. The summed E-state index contributed by atoms with van der Waals surface area (Å²) in [5.74, 6) is -2.40. The van der Waals surface area contributed by atoms with Gasteiger partial charge in [0, 0.05) is 12.6 Å². The molecule has 2 aromatic rings. The molecule has 0 aliphatic carbocycles. The van der Waals surface area contributed by atoms with Gasteiger partial charge in [-0.1, -0.05) is 5.21 Å². The van der Waals surface area contributed by atoms with Crippen LogP contribution in [0.1, 0.15) is 10.4 Å². The van der Waals surface area contributed by atoms with E-state index in [0.717, 1.165) is 0 Å². The molecule has 1 aromatic carbocycles. The minimum atomic E-state index is -1.47. The minimum absolute atomic E-state index is 0.125. The molecule has 0 saturated carbocycles. The molecule has 76 valence electrons. The molecule has 0 spiro atoms. The van der Waals surface area contributed by atoms with Crippen molar-refractivity contribution in [3.63, 3.8) is 0 Å². The predicted molar refractivity (Wildman–Crippen MR) is 50.5 cm³/mol. The molecule has 0 aliphatic rings. The lowest BCUT2D eigenvalue weighted by atomic mass is 10.1. The molecule has 1 aromatic heterocycles. The fourth-order valence-corrected chi connectivity index (χ4v) is 1.30. The summed E-state index contributed by atoms with van der Waals surface area (Å²) in [4.78, 5) is 21.6. The van der Waals surface area contributed by atoms with Crippen LogP contribution in [0.25, 0.3) is 11.0 Å². The molecule has 0 unspecified atom stereocenters. The Hall–Kier alpha value is -2.24. The van der Waals surface area contributed by atoms with E-state index in [-0.39, 0.29) is 5.56 Å². The molecule has 0 bridgehead atoms. The lowest BCUT2D eigenvalue weighted by molar-refractivity contribution is -0.131. The monoisotopic (exact) mass is 205 g/mol. The zero-order valence-electron chi connectivity index (χ0n) is 7.84. The van der Waals surface area contributed by atoms with Gasteiger partial charge in [-0.3, -0.25) is 4.79 Å². The Bertz CT molecular complexity index is 559. The van der Waals surface area contributed by atoms with Crippen LogP contribution in [0.3, 0.4) is 0 Å². The van der Waals surface area contributed by atoms with E-state index in [1.54, 1.807) is 13.1 Å². The molecule has 0 radical (unpaired) electrons. The first-order valence-corrected chi connectivity index (χ1v) is 4.16. The van der Waals surface area contributed by atoms with E-state index in [0.29, 0.717) is 11.0 Å².